The fraction of sp³-hybridized carbons (Fsp3) is 0.316. The molecule has 0 amide bonds. The molecule has 8 heteroatoms. The molecule has 0 N–H and O–H groups in total. The summed E-state index contributed by atoms with van der Waals surface area (Å²) in [6.07, 6.45) is 0.218. The van der Waals surface area contributed by atoms with Crippen LogP contribution >= 0.6 is 0 Å². The lowest BCUT2D eigenvalue weighted by Gasteiger charge is -2.09. The highest BCUT2D eigenvalue weighted by Gasteiger charge is 2.18. The maximum Gasteiger partial charge on any atom is 0.307 e. The van der Waals surface area contributed by atoms with E-state index < -0.39 is 0 Å². The van der Waals surface area contributed by atoms with Crippen molar-refractivity contribution in [2.75, 3.05) is 7.11 Å². The molecule has 8 nitrogen and oxygen atoms in total. The van der Waals surface area contributed by atoms with Crippen LogP contribution in [0.2, 0.25) is 0 Å². The molecular formula is C19H20N4O4. The number of aromatic nitrogens is 4. The quantitative estimate of drug-likeness (QED) is 0.485. The molecule has 27 heavy (non-hydrogen) atoms. The molecule has 2 heterocycles. The van der Waals surface area contributed by atoms with Gasteiger partial charge in [-0.25, -0.2) is 4.68 Å². The Bertz CT molecular complexity index is 1080. The van der Waals surface area contributed by atoms with Gasteiger partial charge in [0, 0.05) is 23.5 Å². The van der Waals surface area contributed by atoms with Crippen LogP contribution in [-0.2, 0) is 22.6 Å². The zero-order chi connectivity index (χ0) is 19.6. The molecule has 0 aliphatic carbocycles. The number of ketones is 1. The van der Waals surface area contributed by atoms with E-state index in [0.29, 0.717) is 23.0 Å². The molecular weight excluding hydrogens is 348 g/mol. The molecule has 0 fully saturated rings. The van der Waals surface area contributed by atoms with E-state index in [9.17, 15) is 14.4 Å². The average Bonchev–Trinajstić information content (AvgIpc) is 2.96. The number of methoxy groups -OCH3 is 1. The van der Waals surface area contributed by atoms with E-state index in [1.807, 2.05) is 18.4 Å². The van der Waals surface area contributed by atoms with Crippen molar-refractivity contribution in [3.05, 3.63) is 57.6 Å². The van der Waals surface area contributed by atoms with Crippen molar-refractivity contribution in [2.24, 2.45) is 0 Å². The monoisotopic (exact) mass is 368 g/mol. The van der Waals surface area contributed by atoms with Gasteiger partial charge in [0.1, 0.15) is 12.1 Å². The number of benzene rings is 1. The molecule has 0 saturated carbocycles. The summed E-state index contributed by atoms with van der Waals surface area (Å²) in [6, 6.07) is 8.63. The largest absolute Gasteiger partial charge is 0.469 e. The molecule has 0 aliphatic rings. The summed E-state index contributed by atoms with van der Waals surface area (Å²) >= 11 is 0. The smallest absolute Gasteiger partial charge is 0.307 e. The summed E-state index contributed by atoms with van der Waals surface area (Å²) < 4.78 is 7.62. The number of carbonyl (C=O) groups excluding carboxylic acids is 2. The standard InChI is InChI=1S/C19H20N4O4/c1-12-10-15(13(2)22(12)9-8-18(25)27-3)17(24)11-23-19(26)14-6-4-5-7-16(14)20-21-23/h4-7,10H,8-9,11H2,1-3H3. The first kappa shape index (κ1) is 18.5. The summed E-state index contributed by atoms with van der Waals surface area (Å²) in [5.41, 5.74) is 2.24. The Morgan fingerprint density at radius 1 is 1.19 bits per heavy atom. The summed E-state index contributed by atoms with van der Waals surface area (Å²) in [6.45, 7) is 3.90. The molecule has 2 aromatic heterocycles. The lowest BCUT2D eigenvalue weighted by atomic mass is 10.1. The van der Waals surface area contributed by atoms with Gasteiger partial charge in [-0.2, -0.15) is 0 Å². The van der Waals surface area contributed by atoms with Crippen LogP contribution in [0.3, 0.4) is 0 Å². The molecule has 3 aromatic rings. The van der Waals surface area contributed by atoms with Crippen molar-refractivity contribution >= 4 is 22.7 Å². The molecule has 0 aliphatic heterocycles. The third-order valence-electron chi connectivity index (χ3n) is 4.56. The Kier molecular flexibility index (Phi) is 5.16. The Labute approximate surface area is 155 Å². The van der Waals surface area contributed by atoms with Crippen LogP contribution in [-0.4, -0.2) is 38.4 Å². The zero-order valence-electron chi connectivity index (χ0n) is 15.4. The van der Waals surface area contributed by atoms with Crippen molar-refractivity contribution in [1.29, 1.82) is 0 Å². The second-order valence-electron chi connectivity index (χ2n) is 6.26. The minimum Gasteiger partial charge on any atom is -0.469 e. The van der Waals surface area contributed by atoms with E-state index in [2.05, 4.69) is 15.0 Å². The number of hydrogen-bond acceptors (Lipinski definition) is 6. The Hall–Kier alpha value is -3.29. The van der Waals surface area contributed by atoms with Gasteiger partial charge in [0.25, 0.3) is 5.56 Å². The van der Waals surface area contributed by atoms with Gasteiger partial charge in [-0.15, -0.1) is 5.10 Å². The SMILES string of the molecule is COC(=O)CCn1c(C)cc(C(=O)Cn2nnc3ccccc3c2=O)c1C. The van der Waals surface area contributed by atoms with Gasteiger partial charge in [0.2, 0.25) is 0 Å². The number of hydrogen-bond donors (Lipinski definition) is 0. The molecule has 0 bridgehead atoms. The Morgan fingerprint density at radius 2 is 1.93 bits per heavy atom. The first-order chi connectivity index (χ1) is 12.9. The maximum absolute atomic E-state index is 12.8. The molecule has 0 radical (unpaired) electrons. The molecule has 3 rings (SSSR count). The van der Waals surface area contributed by atoms with Crippen molar-refractivity contribution in [3.63, 3.8) is 0 Å². The highest BCUT2D eigenvalue weighted by molar-refractivity contribution is 5.97. The third-order valence-corrected chi connectivity index (χ3v) is 4.56. The predicted octanol–water partition coefficient (Wildman–Crippen LogP) is 1.66. The predicted molar refractivity (Wildman–Crippen MR) is 98.7 cm³/mol. The second kappa shape index (κ2) is 7.53. The van der Waals surface area contributed by atoms with E-state index in [0.717, 1.165) is 16.1 Å². The minimum atomic E-state index is -0.353. The summed E-state index contributed by atoms with van der Waals surface area (Å²) in [4.78, 5) is 36.6. The second-order valence-corrected chi connectivity index (χ2v) is 6.26. The number of rotatable bonds is 6. The fourth-order valence-electron chi connectivity index (χ4n) is 3.08. The Morgan fingerprint density at radius 3 is 2.67 bits per heavy atom. The summed E-state index contributed by atoms with van der Waals surface area (Å²) in [5, 5.41) is 8.28. The highest BCUT2D eigenvalue weighted by atomic mass is 16.5. The number of nitrogens with zero attached hydrogens (tertiary/aromatic N) is 4. The van der Waals surface area contributed by atoms with Crippen LogP contribution in [0, 0.1) is 13.8 Å². The van der Waals surface area contributed by atoms with Gasteiger partial charge in [-0.3, -0.25) is 14.4 Å². The molecule has 0 atom stereocenters. The van der Waals surface area contributed by atoms with Gasteiger partial charge in [0.15, 0.2) is 5.78 Å². The summed E-state index contributed by atoms with van der Waals surface area (Å²) in [5.74, 6) is -0.549. The highest BCUT2D eigenvalue weighted by Crippen LogP contribution is 2.17. The maximum atomic E-state index is 12.8. The van der Waals surface area contributed by atoms with E-state index in [4.69, 9.17) is 0 Å². The molecule has 0 spiro atoms. The van der Waals surface area contributed by atoms with E-state index in [1.165, 1.54) is 7.11 Å². The van der Waals surface area contributed by atoms with Crippen LogP contribution < -0.4 is 5.56 Å². The van der Waals surface area contributed by atoms with Crippen LogP contribution in [0.15, 0.2) is 35.1 Å². The van der Waals surface area contributed by atoms with Gasteiger partial charge in [-0.1, -0.05) is 17.3 Å². The fourth-order valence-corrected chi connectivity index (χ4v) is 3.08. The van der Waals surface area contributed by atoms with Crippen LogP contribution in [0.4, 0.5) is 0 Å². The van der Waals surface area contributed by atoms with Gasteiger partial charge < -0.3 is 9.30 Å². The van der Waals surface area contributed by atoms with Gasteiger partial charge >= 0.3 is 5.97 Å². The normalized spacial score (nSPS) is 10.9. The third kappa shape index (κ3) is 3.64. The molecule has 0 unspecified atom stereocenters. The van der Waals surface area contributed by atoms with Gasteiger partial charge in [-0.05, 0) is 32.0 Å². The molecule has 0 saturated heterocycles. The lowest BCUT2D eigenvalue weighted by Crippen LogP contribution is -2.28. The van der Waals surface area contributed by atoms with E-state index in [-0.39, 0.29) is 30.3 Å². The van der Waals surface area contributed by atoms with Crippen molar-refractivity contribution < 1.29 is 14.3 Å². The molecule has 1 aromatic carbocycles. The lowest BCUT2D eigenvalue weighted by molar-refractivity contribution is -0.140. The van der Waals surface area contributed by atoms with Gasteiger partial charge in [0.05, 0.1) is 18.9 Å². The minimum absolute atomic E-state index is 0.196. The summed E-state index contributed by atoms with van der Waals surface area (Å²) in [7, 11) is 1.34. The Balaban J connectivity index is 1.86. The van der Waals surface area contributed by atoms with E-state index >= 15 is 0 Å². The van der Waals surface area contributed by atoms with Crippen molar-refractivity contribution in [2.45, 2.75) is 33.4 Å². The van der Waals surface area contributed by atoms with Crippen molar-refractivity contribution in [3.8, 4) is 0 Å². The number of aryl methyl sites for hydroxylation is 1. The number of esters is 1. The number of carbonyl (C=O) groups is 2. The first-order valence-corrected chi connectivity index (χ1v) is 8.51. The number of fused-ring (bicyclic) bond motifs is 1. The average molecular weight is 368 g/mol. The van der Waals surface area contributed by atoms with E-state index in [1.54, 1.807) is 30.3 Å². The first-order valence-electron chi connectivity index (χ1n) is 8.51. The topological polar surface area (TPSA) is 96.1 Å². The van der Waals surface area contributed by atoms with Crippen LogP contribution in [0.25, 0.3) is 10.9 Å². The number of ether oxygens (including phenoxy) is 1. The number of Topliss-reactive ketones (excluding diaryl/α,β-unsaturated/α-hetero) is 1. The molecule has 140 valence electrons. The van der Waals surface area contributed by atoms with Crippen molar-refractivity contribution in [1.82, 2.24) is 19.6 Å². The van der Waals surface area contributed by atoms with Crippen LogP contribution in [0.5, 0.6) is 0 Å². The van der Waals surface area contributed by atoms with Crippen LogP contribution in [0.1, 0.15) is 28.2 Å². The zero-order valence-corrected chi connectivity index (χ0v) is 15.4.